The molecule has 0 bridgehead atoms. The van der Waals surface area contributed by atoms with Crippen molar-refractivity contribution in [3.63, 3.8) is 0 Å². The first kappa shape index (κ1) is 21.0. The SMILES string of the molecule is COc1ccc(-c2cncnc2-c2ccc(OCc3ccc(Cl)c(Cl)c3)cc2O)cc1. The summed E-state index contributed by atoms with van der Waals surface area (Å²) >= 11 is 12.0. The van der Waals surface area contributed by atoms with Gasteiger partial charge in [-0.25, -0.2) is 9.97 Å². The molecule has 0 saturated carbocycles. The van der Waals surface area contributed by atoms with Crippen LogP contribution < -0.4 is 9.47 Å². The van der Waals surface area contributed by atoms with Crippen LogP contribution in [0.2, 0.25) is 10.0 Å². The molecule has 0 amide bonds. The Labute approximate surface area is 189 Å². The number of ether oxygens (including phenoxy) is 2. The molecule has 1 aromatic heterocycles. The van der Waals surface area contributed by atoms with Crippen molar-refractivity contribution in [3.8, 4) is 39.6 Å². The van der Waals surface area contributed by atoms with E-state index in [1.807, 2.05) is 30.3 Å². The van der Waals surface area contributed by atoms with Crippen LogP contribution in [0, 0.1) is 0 Å². The van der Waals surface area contributed by atoms with E-state index >= 15 is 0 Å². The first-order valence-electron chi connectivity index (χ1n) is 9.39. The summed E-state index contributed by atoms with van der Waals surface area (Å²) in [5.74, 6) is 1.33. The Morgan fingerprint density at radius 3 is 2.35 bits per heavy atom. The van der Waals surface area contributed by atoms with E-state index in [0.29, 0.717) is 33.7 Å². The van der Waals surface area contributed by atoms with Crippen molar-refractivity contribution in [3.05, 3.63) is 88.8 Å². The van der Waals surface area contributed by atoms with E-state index < -0.39 is 0 Å². The highest BCUT2D eigenvalue weighted by Gasteiger charge is 2.14. The second-order valence-electron chi connectivity index (χ2n) is 6.73. The van der Waals surface area contributed by atoms with Gasteiger partial charge in [0.15, 0.2) is 0 Å². The number of phenols is 1. The highest BCUT2D eigenvalue weighted by atomic mass is 35.5. The quantitative estimate of drug-likeness (QED) is 0.366. The normalized spacial score (nSPS) is 10.7. The fraction of sp³-hybridized carbons (Fsp3) is 0.0833. The Kier molecular flexibility index (Phi) is 6.26. The summed E-state index contributed by atoms with van der Waals surface area (Å²) in [6.07, 6.45) is 3.18. The number of methoxy groups -OCH3 is 1. The molecule has 0 atom stereocenters. The number of aromatic hydroxyl groups is 1. The highest BCUT2D eigenvalue weighted by Crippen LogP contribution is 2.37. The summed E-state index contributed by atoms with van der Waals surface area (Å²) in [4.78, 5) is 8.54. The molecule has 0 aliphatic rings. The molecule has 156 valence electrons. The molecule has 4 aromatic rings. The number of benzene rings is 3. The Hall–Kier alpha value is -3.28. The summed E-state index contributed by atoms with van der Waals surface area (Å²) in [5.41, 5.74) is 3.78. The number of hydrogen-bond donors (Lipinski definition) is 1. The van der Waals surface area contributed by atoms with Crippen LogP contribution in [-0.2, 0) is 6.61 Å². The van der Waals surface area contributed by atoms with E-state index in [1.54, 1.807) is 43.6 Å². The zero-order valence-corrected chi connectivity index (χ0v) is 18.1. The summed E-state index contributed by atoms with van der Waals surface area (Å²) in [6.45, 7) is 0.292. The fourth-order valence-electron chi connectivity index (χ4n) is 3.12. The standard InChI is InChI=1S/C24H18Cl2N2O3/c1-30-17-5-3-16(4-6-17)20-12-27-14-28-24(20)19-8-7-18(11-23(19)29)31-13-15-2-9-21(25)22(26)10-15/h2-12,14,29H,13H2,1H3. The third-order valence-corrected chi connectivity index (χ3v) is 5.47. The van der Waals surface area contributed by atoms with Crippen molar-refractivity contribution in [2.45, 2.75) is 6.61 Å². The summed E-state index contributed by atoms with van der Waals surface area (Å²) in [7, 11) is 1.62. The number of nitrogens with zero attached hydrogens (tertiary/aromatic N) is 2. The average Bonchev–Trinajstić information content (AvgIpc) is 2.80. The minimum absolute atomic E-state index is 0.0556. The van der Waals surface area contributed by atoms with Crippen molar-refractivity contribution in [1.29, 1.82) is 0 Å². The molecule has 31 heavy (non-hydrogen) atoms. The van der Waals surface area contributed by atoms with E-state index in [4.69, 9.17) is 32.7 Å². The van der Waals surface area contributed by atoms with Gasteiger partial charge in [0.05, 0.1) is 22.8 Å². The highest BCUT2D eigenvalue weighted by molar-refractivity contribution is 6.42. The molecule has 1 N–H and O–H groups in total. The zero-order chi connectivity index (χ0) is 21.8. The predicted molar refractivity (Wildman–Crippen MR) is 122 cm³/mol. The average molecular weight is 453 g/mol. The molecule has 5 nitrogen and oxygen atoms in total. The molecular weight excluding hydrogens is 435 g/mol. The molecule has 0 radical (unpaired) electrons. The van der Waals surface area contributed by atoms with Gasteiger partial charge in [-0.2, -0.15) is 0 Å². The van der Waals surface area contributed by atoms with Crippen LogP contribution in [0.4, 0.5) is 0 Å². The lowest BCUT2D eigenvalue weighted by Crippen LogP contribution is -1.96. The van der Waals surface area contributed by atoms with Crippen LogP contribution in [0.5, 0.6) is 17.2 Å². The van der Waals surface area contributed by atoms with Gasteiger partial charge in [-0.15, -0.1) is 0 Å². The first-order chi connectivity index (χ1) is 15.0. The van der Waals surface area contributed by atoms with E-state index in [9.17, 15) is 5.11 Å². The van der Waals surface area contributed by atoms with E-state index in [2.05, 4.69) is 9.97 Å². The molecule has 4 rings (SSSR count). The number of aromatic nitrogens is 2. The van der Waals surface area contributed by atoms with Crippen molar-refractivity contribution >= 4 is 23.2 Å². The fourth-order valence-corrected chi connectivity index (χ4v) is 3.44. The molecule has 0 fully saturated rings. The van der Waals surface area contributed by atoms with Crippen LogP contribution in [0.3, 0.4) is 0 Å². The third-order valence-electron chi connectivity index (χ3n) is 4.73. The molecule has 0 aliphatic heterocycles. The predicted octanol–water partition coefficient (Wildman–Crippen LogP) is 6.41. The monoisotopic (exact) mass is 452 g/mol. The molecule has 1 heterocycles. The molecule has 0 aliphatic carbocycles. The minimum Gasteiger partial charge on any atom is -0.507 e. The summed E-state index contributed by atoms with van der Waals surface area (Å²) < 4.78 is 11.0. The van der Waals surface area contributed by atoms with Gasteiger partial charge in [0.1, 0.15) is 30.2 Å². The van der Waals surface area contributed by atoms with Crippen LogP contribution in [0.15, 0.2) is 73.2 Å². The summed E-state index contributed by atoms with van der Waals surface area (Å²) in [6, 6.07) is 18.0. The van der Waals surface area contributed by atoms with E-state index in [-0.39, 0.29) is 5.75 Å². The van der Waals surface area contributed by atoms with Crippen molar-refractivity contribution in [2.75, 3.05) is 7.11 Å². The molecule has 3 aromatic carbocycles. The molecule has 0 spiro atoms. The van der Waals surface area contributed by atoms with Gasteiger partial charge in [0.25, 0.3) is 0 Å². The maximum Gasteiger partial charge on any atom is 0.128 e. The largest absolute Gasteiger partial charge is 0.507 e. The molecule has 0 unspecified atom stereocenters. The zero-order valence-electron chi connectivity index (χ0n) is 16.5. The number of hydrogen-bond acceptors (Lipinski definition) is 5. The Balaban J connectivity index is 1.59. The lowest BCUT2D eigenvalue weighted by atomic mass is 10.00. The van der Waals surface area contributed by atoms with Crippen molar-refractivity contribution in [2.24, 2.45) is 0 Å². The van der Waals surface area contributed by atoms with Crippen LogP contribution in [0.1, 0.15) is 5.56 Å². The van der Waals surface area contributed by atoms with E-state index in [1.165, 1.54) is 6.33 Å². The van der Waals surface area contributed by atoms with Crippen LogP contribution >= 0.6 is 23.2 Å². The van der Waals surface area contributed by atoms with Gasteiger partial charge in [0, 0.05) is 23.4 Å². The Morgan fingerprint density at radius 2 is 1.65 bits per heavy atom. The number of phenolic OH excluding ortho intramolecular Hbond substituents is 1. The number of rotatable bonds is 6. The van der Waals surface area contributed by atoms with Crippen LogP contribution in [-0.4, -0.2) is 22.2 Å². The van der Waals surface area contributed by atoms with E-state index in [0.717, 1.165) is 22.4 Å². The Bertz CT molecular complexity index is 1210. The Morgan fingerprint density at radius 1 is 0.871 bits per heavy atom. The van der Waals surface area contributed by atoms with Crippen molar-refractivity contribution in [1.82, 2.24) is 9.97 Å². The topological polar surface area (TPSA) is 64.5 Å². The lowest BCUT2D eigenvalue weighted by molar-refractivity contribution is 0.304. The number of halogens is 2. The molecule has 0 saturated heterocycles. The maximum atomic E-state index is 10.7. The summed E-state index contributed by atoms with van der Waals surface area (Å²) in [5, 5.41) is 11.6. The lowest BCUT2D eigenvalue weighted by Gasteiger charge is -2.12. The van der Waals surface area contributed by atoms with Gasteiger partial charge >= 0.3 is 0 Å². The van der Waals surface area contributed by atoms with Gasteiger partial charge in [-0.1, -0.05) is 41.4 Å². The third kappa shape index (κ3) is 4.74. The molecular formula is C24H18Cl2N2O3. The van der Waals surface area contributed by atoms with Crippen LogP contribution in [0.25, 0.3) is 22.4 Å². The second kappa shape index (κ2) is 9.25. The second-order valence-corrected chi connectivity index (χ2v) is 7.54. The first-order valence-corrected chi connectivity index (χ1v) is 10.2. The minimum atomic E-state index is 0.0556. The van der Waals surface area contributed by atoms with Crippen molar-refractivity contribution < 1.29 is 14.6 Å². The molecule has 7 heteroatoms. The van der Waals surface area contributed by atoms with Gasteiger partial charge in [-0.3, -0.25) is 0 Å². The smallest absolute Gasteiger partial charge is 0.128 e. The maximum absolute atomic E-state index is 10.7. The van der Waals surface area contributed by atoms with Gasteiger partial charge < -0.3 is 14.6 Å². The van der Waals surface area contributed by atoms with Gasteiger partial charge in [-0.05, 0) is 47.5 Å². The van der Waals surface area contributed by atoms with Gasteiger partial charge in [0.2, 0.25) is 0 Å².